The summed E-state index contributed by atoms with van der Waals surface area (Å²) in [7, 11) is 0. The van der Waals surface area contributed by atoms with E-state index in [0.717, 1.165) is 11.1 Å². The monoisotopic (exact) mass is 311 g/mol. The van der Waals surface area contributed by atoms with Crippen LogP contribution in [0.4, 0.5) is 0 Å². The number of rotatable bonds is 3. The molecule has 0 saturated carbocycles. The summed E-state index contributed by atoms with van der Waals surface area (Å²) in [5.74, 6) is 0.802. The standard InChI is InChI=1S/C14H17NO5S/c1-2-19-14(17)11-7-21-8-15(11)13(16)12-10-3-4-18-5-9(10)6-20-12/h6,11H,2-5,7-8H2,1H3. The Labute approximate surface area is 126 Å². The van der Waals surface area contributed by atoms with Crippen molar-refractivity contribution >= 4 is 23.6 Å². The van der Waals surface area contributed by atoms with Crippen LogP contribution in [0.25, 0.3) is 0 Å². The molecule has 1 amide bonds. The molecule has 3 heterocycles. The Bertz CT molecular complexity index is 556. The Balaban J connectivity index is 1.81. The van der Waals surface area contributed by atoms with E-state index in [1.165, 1.54) is 4.90 Å². The Hall–Kier alpha value is -1.47. The molecule has 0 aromatic carbocycles. The van der Waals surface area contributed by atoms with Crippen LogP contribution in [-0.4, -0.2) is 47.7 Å². The Morgan fingerprint density at radius 1 is 1.52 bits per heavy atom. The summed E-state index contributed by atoms with van der Waals surface area (Å²) in [5.41, 5.74) is 1.83. The number of carbonyl (C=O) groups excluding carboxylic acids is 2. The molecule has 1 aromatic rings. The molecule has 0 aliphatic carbocycles. The SMILES string of the molecule is CCOC(=O)C1CSCN1C(=O)c1occ2c1CCOC2. The van der Waals surface area contributed by atoms with Crippen LogP contribution < -0.4 is 0 Å². The molecule has 21 heavy (non-hydrogen) atoms. The first kappa shape index (κ1) is 14.5. The summed E-state index contributed by atoms with van der Waals surface area (Å²) in [5, 5.41) is 0. The number of hydrogen-bond donors (Lipinski definition) is 0. The Morgan fingerprint density at radius 3 is 3.19 bits per heavy atom. The van der Waals surface area contributed by atoms with Crippen LogP contribution in [0.5, 0.6) is 0 Å². The summed E-state index contributed by atoms with van der Waals surface area (Å²) in [6.07, 6.45) is 2.24. The molecule has 6 nitrogen and oxygen atoms in total. The van der Waals surface area contributed by atoms with Gasteiger partial charge in [0.1, 0.15) is 6.04 Å². The zero-order valence-corrected chi connectivity index (χ0v) is 12.6. The van der Waals surface area contributed by atoms with Gasteiger partial charge >= 0.3 is 5.97 Å². The highest BCUT2D eigenvalue weighted by atomic mass is 32.2. The van der Waals surface area contributed by atoms with Crippen LogP contribution in [0.2, 0.25) is 0 Å². The molecular weight excluding hydrogens is 294 g/mol. The summed E-state index contributed by atoms with van der Waals surface area (Å²) in [6.45, 7) is 3.13. The molecule has 1 saturated heterocycles. The van der Waals surface area contributed by atoms with E-state index in [1.54, 1.807) is 24.9 Å². The second-order valence-electron chi connectivity index (χ2n) is 4.91. The summed E-state index contributed by atoms with van der Waals surface area (Å²) in [6, 6.07) is -0.525. The van der Waals surface area contributed by atoms with E-state index in [9.17, 15) is 9.59 Å². The molecule has 1 fully saturated rings. The Morgan fingerprint density at radius 2 is 2.38 bits per heavy atom. The molecule has 2 aliphatic heterocycles. The van der Waals surface area contributed by atoms with Crippen molar-refractivity contribution in [2.45, 2.75) is 26.0 Å². The second-order valence-corrected chi connectivity index (χ2v) is 5.91. The van der Waals surface area contributed by atoms with Crippen molar-refractivity contribution in [3.05, 3.63) is 23.2 Å². The minimum absolute atomic E-state index is 0.235. The molecule has 3 rings (SSSR count). The summed E-state index contributed by atoms with van der Waals surface area (Å²) >= 11 is 1.55. The van der Waals surface area contributed by atoms with Crippen molar-refractivity contribution in [2.24, 2.45) is 0 Å². The molecule has 7 heteroatoms. The van der Waals surface area contributed by atoms with Gasteiger partial charge in [0, 0.05) is 23.3 Å². The maximum absolute atomic E-state index is 12.7. The maximum atomic E-state index is 12.7. The maximum Gasteiger partial charge on any atom is 0.329 e. The molecule has 1 unspecified atom stereocenters. The normalized spacial score (nSPS) is 21.2. The lowest BCUT2D eigenvalue weighted by molar-refractivity contribution is -0.147. The number of nitrogens with zero attached hydrogens (tertiary/aromatic N) is 1. The van der Waals surface area contributed by atoms with Crippen LogP contribution in [0.3, 0.4) is 0 Å². The van der Waals surface area contributed by atoms with Gasteiger partial charge in [-0.15, -0.1) is 11.8 Å². The first-order valence-electron chi connectivity index (χ1n) is 6.94. The molecule has 114 valence electrons. The first-order chi connectivity index (χ1) is 10.2. The molecule has 0 N–H and O–H groups in total. The lowest BCUT2D eigenvalue weighted by Gasteiger charge is -2.22. The fraction of sp³-hybridized carbons (Fsp3) is 0.571. The van der Waals surface area contributed by atoms with E-state index in [-0.39, 0.29) is 11.9 Å². The molecule has 0 spiro atoms. The number of esters is 1. The van der Waals surface area contributed by atoms with E-state index in [2.05, 4.69) is 0 Å². The van der Waals surface area contributed by atoms with Gasteiger partial charge in [0.05, 0.1) is 32.0 Å². The van der Waals surface area contributed by atoms with E-state index < -0.39 is 6.04 Å². The topological polar surface area (TPSA) is 69.0 Å². The van der Waals surface area contributed by atoms with Crippen molar-refractivity contribution in [1.82, 2.24) is 4.90 Å². The number of hydrogen-bond acceptors (Lipinski definition) is 6. The van der Waals surface area contributed by atoms with Gasteiger partial charge < -0.3 is 18.8 Å². The lowest BCUT2D eigenvalue weighted by Crippen LogP contribution is -2.43. The van der Waals surface area contributed by atoms with Gasteiger partial charge in [0.25, 0.3) is 5.91 Å². The Kier molecular flexibility index (Phi) is 4.21. The average Bonchev–Trinajstić information content (AvgIpc) is 3.14. The number of carbonyl (C=O) groups is 2. The average molecular weight is 311 g/mol. The van der Waals surface area contributed by atoms with Crippen LogP contribution in [0, 0.1) is 0 Å². The third-order valence-corrected chi connectivity index (χ3v) is 4.64. The largest absolute Gasteiger partial charge is 0.464 e. The van der Waals surface area contributed by atoms with Gasteiger partial charge in [0.15, 0.2) is 5.76 Å². The van der Waals surface area contributed by atoms with Crippen molar-refractivity contribution in [3.63, 3.8) is 0 Å². The first-order valence-corrected chi connectivity index (χ1v) is 8.10. The van der Waals surface area contributed by atoms with Gasteiger partial charge in [-0.1, -0.05) is 0 Å². The summed E-state index contributed by atoms with van der Waals surface area (Å²) < 4.78 is 15.8. The zero-order chi connectivity index (χ0) is 14.8. The van der Waals surface area contributed by atoms with Gasteiger partial charge in [-0.05, 0) is 6.92 Å². The lowest BCUT2D eigenvalue weighted by atomic mass is 10.1. The molecule has 2 aliphatic rings. The van der Waals surface area contributed by atoms with Gasteiger partial charge in [-0.25, -0.2) is 4.79 Å². The van der Waals surface area contributed by atoms with Gasteiger partial charge in [0.2, 0.25) is 0 Å². The van der Waals surface area contributed by atoms with Gasteiger partial charge in [-0.3, -0.25) is 4.79 Å². The molecule has 1 atom stereocenters. The van der Waals surface area contributed by atoms with E-state index in [0.29, 0.717) is 43.6 Å². The minimum atomic E-state index is -0.525. The number of furan rings is 1. The van der Waals surface area contributed by atoms with Crippen LogP contribution in [-0.2, 0) is 27.3 Å². The fourth-order valence-corrected chi connectivity index (χ4v) is 3.69. The third kappa shape index (κ3) is 2.67. The highest BCUT2D eigenvalue weighted by molar-refractivity contribution is 7.99. The molecule has 0 radical (unpaired) electrons. The van der Waals surface area contributed by atoms with Crippen molar-refractivity contribution in [1.29, 1.82) is 0 Å². The quantitative estimate of drug-likeness (QED) is 0.787. The molecule has 0 bridgehead atoms. The van der Waals surface area contributed by atoms with Crippen molar-refractivity contribution < 1.29 is 23.5 Å². The predicted molar refractivity (Wildman–Crippen MR) is 76.0 cm³/mol. The van der Waals surface area contributed by atoms with Crippen molar-refractivity contribution in [3.8, 4) is 0 Å². The van der Waals surface area contributed by atoms with Crippen LogP contribution in [0.15, 0.2) is 10.7 Å². The third-order valence-electron chi connectivity index (χ3n) is 3.63. The van der Waals surface area contributed by atoms with Crippen LogP contribution >= 0.6 is 11.8 Å². The smallest absolute Gasteiger partial charge is 0.329 e. The number of fused-ring (bicyclic) bond motifs is 1. The summed E-state index contributed by atoms with van der Waals surface area (Å²) in [4.78, 5) is 26.1. The predicted octanol–water partition coefficient (Wildman–Crippen LogP) is 1.43. The number of ether oxygens (including phenoxy) is 2. The number of amides is 1. The van der Waals surface area contributed by atoms with Gasteiger partial charge in [-0.2, -0.15) is 0 Å². The number of thioether (sulfide) groups is 1. The highest BCUT2D eigenvalue weighted by Crippen LogP contribution is 2.28. The molecule has 1 aromatic heterocycles. The van der Waals surface area contributed by atoms with E-state index in [4.69, 9.17) is 13.9 Å². The van der Waals surface area contributed by atoms with E-state index >= 15 is 0 Å². The minimum Gasteiger partial charge on any atom is -0.464 e. The van der Waals surface area contributed by atoms with Crippen molar-refractivity contribution in [2.75, 3.05) is 24.8 Å². The van der Waals surface area contributed by atoms with E-state index in [1.807, 2.05) is 0 Å². The fourth-order valence-electron chi connectivity index (χ4n) is 2.56. The second kappa shape index (κ2) is 6.11. The zero-order valence-electron chi connectivity index (χ0n) is 11.8. The van der Waals surface area contributed by atoms with Crippen LogP contribution in [0.1, 0.15) is 28.6 Å². The highest BCUT2D eigenvalue weighted by Gasteiger charge is 2.38. The molecular formula is C14H17NO5S.